The zero-order valence-electron chi connectivity index (χ0n) is 13.9. The van der Waals surface area contributed by atoms with Crippen molar-refractivity contribution in [3.63, 3.8) is 0 Å². The van der Waals surface area contributed by atoms with Crippen LogP contribution in [0.3, 0.4) is 0 Å². The Morgan fingerprint density at radius 3 is 2.88 bits per heavy atom. The van der Waals surface area contributed by atoms with Gasteiger partial charge in [0.2, 0.25) is 5.82 Å². The third-order valence-corrected chi connectivity index (χ3v) is 4.41. The van der Waals surface area contributed by atoms with Crippen LogP contribution in [0.15, 0.2) is 47.0 Å². The number of halogens is 1. The summed E-state index contributed by atoms with van der Waals surface area (Å²) in [7, 11) is 0. The van der Waals surface area contributed by atoms with Gasteiger partial charge in [0, 0.05) is 22.7 Å². The van der Waals surface area contributed by atoms with E-state index in [4.69, 9.17) is 20.9 Å². The van der Waals surface area contributed by atoms with E-state index in [0.29, 0.717) is 34.6 Å². The van der Waals surface area contributed by atoms with E-state index < -0.39 is 0 Å². The fraction of sp³-hybridized carbons (Fsp3) is 0.211. The largest absolute Gasteiger partial charge is 0.484 e. The Labute approximate surface area is 155 Å². The molecule has 0 atom stereocenters. The molecule has 7 heteroatoms. The van der Waals surface area contributed by atoms with Crippen LogP contribution in [0.5, 0.6) is 5.75 Å². The first-order valence-electron chi connectivity index (χ1n) is 8.31. The molecule has 0 fully saturated rings. The highest BCUT2D eigenvalue weighted by Crippen LogP contribution is 2.23. The number of hydrogen-bond acceptors (Lipinski definition) is 5. The van der Waals surface area contributed by atoms with Gasteiger partial charge in [-0.25, -0.2) is 0 Å². The van der Waals surface area contributed by atoms with Crippen molar-refractivity contribution in [1.82, 2.24) is 15.5 Å². The number of aromatic nitrogens is 2. The first kappa shape index (κ1) is 16.6. The van der Waals surface area contributed by atoms with Gasteiger partial charge in [0.15, 0.2) is 6.61 Å². The summed E-state index contributed by atoms with van der Waals surface area (Å²) in [5.41, 5.74) is 2.52. The van der Waals surface area contributed by atoms with Gasteiger partial charge in [-0.2, -0.15) is 4.98 Å². The van der Waals surface area contributed by atoms with Crippen LogP contribution in [0.1, 0.15) is 28.2 Å². The van der Waals surface area contributed by atoms with Gasteiger partial charge < -0.3 is 14.6 Å². The summed E-state index contributed by atoms with van der Waals surface area (Å²) < 4.78 is 11.0. The van der Waals surface area contributed by atoms with Crippen LogP contribution in [-0.2, 0) is 13.0 Å². The molecule has 26 heavy (non-hydrogen) atoms. The number of nitrogens with zero attached hydrogens (tertiary/aromatic N) is 2. The van der Waals surface area contributed by atoms with E-state index in [-0.39, 0.29) is 12.5 Å². The van der Waals surface area contributed by atoms with E-state index in [2.05, 4.69) is 15.5 Å². The molecule has 0 radical (unpaired) electrons. The number of amides is 1. The molecule has 1 aliphatic rings. The third kappa shape index (κ3) is 3.55. The standard InChI is InChI=1S/C19H16ClN3O3/c20-14-5-3-12(4-6-14)18-22-17(26-23-18)11-25-15-7-8-16-13(10-15)2-1-9-21-19(16)24/h3-8,10H,1-2,9,11H2,(H,21,24). The first-order chi connectivity index (χ1) is 12.7. The van der Waals surface area contributed by atoms with Crippen LogP contribution < -0.4 is 10.1 Å². The second-order valence-corrected chi connectivity index (χ2v) is 6.42. The van der Waals surface area contributed by atoms with Gasteiger partial charge in [0.05, 0.1) is 0 Å². The number of carbonyl (C=O) groups excluding carboxylic acids is 1. The minimum Gasteiger partial charge on any atom is -0.484 e. The van der Waals surface area contributed by atoms with E-state index in [1.54, 1.807) is 24.3 Å². The van der Waals surface area contributed by atoms with Crippen molar-refractivity contribution in [2.75, 3.05) is 6.54 Å². The summed E-state index contributed by atoms with van der Waals surface area (Å²) in [6, 6.07) is 12.7. The molecular formula is C19H16ClN3O3. The van der Waals surface area contributed by atoms with Crippen molar-refractivity contribution in [3.8, 4) is 17.1 Å². The van der Waals surface area contributed by atoms with Crippen LogP contribution >= 0.6 is 11.6 Å². The second kappa shape index (κ2) is 7.17. The smallest absolute Gasteiger partial charge is 0.264 e. The molecular weight excluding hydrogens is 354 g/mol. The Balaban J connectivity index is 1.45. The SMILES string of the molecule is O=C1NCCCc2cc(OCc3nc(-c4ccc(Cl)cc4)no3)ccc21. The molecule has 132 valence electrons. The molecule has 1 aromatic heterocycles. The minimum atomic E-state index is -0.0337. The predicted octanol–water partition coefficient (Wildman–Crippen LogP) is 3.65. The number of benzene rings is 2. The molecule has 4 rings (SSSR count). The van der Waals surface area contributed by atoms with Gasteiger partial charge in [-0.15, -0.1) is 0 Å². The Morgan fingerprint density at radius 2 is 2.04 bits per heavy atom. The van der Waals surface area contributed by atoms with E-state index in [1.807, 2.05) is 18.2 Å². The number of carbonyl (C=O) groups is 1. The lowest BCUT2D eigenvalue weighted by atomic mass is 10.0. The normalized spacial score (nSPS) is 13.7. The molecule has 2 aromatic carbocycles. The Morgan fingerprint density at radius 1 is 1.19 bits per heavy atom. The number of nitrogens with one attached hydrogen (secondary N) is 1. The highest BCUT2D eigenvalue weighted by atomic mass is 35.5. The van der Waals surface area contributed by atoms with Crippen molar-refractivity contribution in [3.05, 3.63) is 64.5 Å². The summed E-state index contributed by atoms with van der Waals surface area (Å²) >= 11 is 5.88. The van der Waals surface area contributed by atoms with E-state index >= 15 is 0 Å². The molecule has 0 spiro atoms. The van der Waals surface area contributed by atoms with Crippen LogP contribution in [0.2, 0.25) is 5.02 Å². The van der Waals surface area contributed by atoms with Crippen LogP contribution in [0, 0.1) is 0 Å². The summed E-state index contributed by atoms with van der Waals surface area (Å²) in [5.74, 6) is 1.50. The average Bonchev–Trinajstić information content (AvgIpc) is 3.05. The van der Waals surface area contributed by atoms with E-state index in [0.717, 1.165) is 24.0 Å². The van der Waals surface area contributed by atoms with Crippen molar-refractivity contribution >= 4 is 17.5 Å². The molecule has 1 N–H and O–H groups in total. The van der Waals surface area contributed by atoms with Gasteiger partial charge in [-0.1, -0.05) is 16.8 Å². The predicted molar refractivity (Wildman–Crippen MR) is 96.2 cm³/mol. The summed E-state index contributed by atoms with van der Waals surface area (Å²) in [6.07, 6.45) is 1.75. The first-order valence-corrected chi connectivity index (χ1v) is 8.69. The molecule has 3 aromatic rings. The zero-order valence-corrected chi connectivity index (χ0v) is 14.6. The number of hydrogen-bond donors (Lipinski definition) is 1. The molecule has 6 nitrogen and oxygen atoms in total. The second-order valence-electron chi connectivity index (χ2n) is 5.99. The summed E-state index contributed by atoms with van der Waals surface area (Å²) in [4.78, 5) is 16.3. The van der Waals surface area contributed by atoms with Crippen molar-refractivity contribution in [1.29, 1.82) is 0 Å². The van der Waals surface area contributed by atoms with E-state index in [9.17, 15) is 4.79 Å². The maximum absolute atomic E-state index is 12.0. The van der Waals surface area contributed by atoms with Crippen molar-refractivity contribution < 1.29 is 14.1 Å². The lowest BCUT2D eigenvalue weighted by Gasteiger charge is -2.08. The van der Waals surface area contributed by atoms with E-state index in [1.165, 1.54) is 0 Å². The van der Waals surface area contributed by atoms with Gasteiger partial charge in [0.25, 0.3) is 11.8 Å². The molecule has 0 unspecified atom stereocenters. The Bertz CT molecular complexity index is 937. The highest BCUT2D eigenvalue weighted by Gasteiger charge is 2.16. The topological polar surface area (TPSA) is 77.2 Å². The van der Waals surface area contributed by atoms with Gasteiger partial charge in [0.1, 0.15) is 5.75 Å². The molecule has 0 aliphatic carbocycles. The fourth-order valence-electron chi connectivity index (χ4n) is 2.84. The third-order valence-electron chi connectivity index (χ3n) is 4.16. The van der Waals surface area contributed by atoms with Gasteiger partial charge in [-0.3, -0.25) is 4.79 Å². The molecule has 0 saturated carbocycles. The Kier molecular flexibility index (Phi) is 4.58. The quantitative estimate of drug-likeness (QED) is 0.759. The molecule has 0 bridgehead atoms. The number of aryl methyl sites for hydroxylation is 1. The molecule has 2 heterocycles. The average molecular weight is 370 g/mol. The molecule has 1 aliphatic heterocycles. The van der Waals surface area contributed by atoms with Gasteiger partial charge in [-0.05, 0) is 60.9 Å². The lowest BCUT2D eigenvalue weighted by Crippen LogP contribution is -2.22. The molecule has 1 amide bonds. The van der Waals surface area contributed by atoms with Crippen LogP contribution in [-0.4, -0.2) is 22.6 Å². The van der Waals surface area contributed by atoms with Crippen LogP contribution in [0.4, 0.5) is 0 Å². The van der Waals surface area contributed by atoms with Crippen LogP contribution in [0.25, 0.3) is 11.4 Å². The minimum absolute atomic E-state index is 0.0337. The monoisotopic (exact) mass is 369 g/mol. The Hall–Kier alpha value is -2.86. The van der Waals surface area contributed by atoms with Crippen molar-refractivity contribution in [2.24, 2.45) is 0 Å². The lowest BCUT2D eigenvalue weighted by molar-refractivity contribution is 0.0956. The zero-order chi connectivity index (χ0) is 17.9. The maximum Gasteiger partial charge on any atom is 0.264 e. The number of ether oxygens (including phenoxy) is 1. The van der Waals surface area contributed by atoms with Gasteiger partial charge >= 0.3 is 0 Å². The highest BCUT2D eigenvalue weighted by molar-refractivity contribution is 6.30. The summed E-state index contributed by atoms with van der Waals surface area (Å²) in [6.45, 7) is 0.852. The fourth-order valence-corrected chi connectivity index (χ4v) is 2.96. The number of fused-ring (bicyclic) bond motifs is 1. The number of rotatable bonds is 4. The maximum atomic E-state index is 12.0. The summed E-state index contributed by atoms with van der Waals surface area (Å²) in [5, 5.41) is 7.49. The van der Waals surface area contributed by atoms with Crippen molar-refractivity contribution in [2.45, 2.75) is 19.4 Å². The molecule has 0 saturated heterocycles.